The molecular formula is C24H21ClFN3O2. The van der Waals surface area contributed by atoms with E-state index in [9.17, 15) is 14.0 Å². The summed E-state index contributed by atoms with van der Waals surface area (Å²) in [5.74, 6) is -0.801. The van der Waals surface area contributed by atoms with Crippen LogP contribution < -0.4 is 15.5 Å². The number of anilines is 2. The quantitative estimate of drug-likeness (QED) is 0.569. The van der Waals surface area contributed by atoms with Crippen LogP contribution in [0.2, 0.25) is 5.02 Å². The number of urea groups is 1. The van der Waals surface area contributed by atoms with Gasteiger partial charge in [0, 0.05) is 17.3 Å². The molecule has 158 valence electrons. The highest BCUT2D eigenvalue weighted by Gasteiger charge is 2.32. The van der Waals surface area contributed by atoms with E-state index in [4.69, 9.17) is 11.6 Å². The normalized spacial score (nSPS) is 16.1. The number of nitrogens with one attached hydrogen (secondary N) is 2. The number of halogens is 2. The first-order valence-electron chi connectivity index (χ1n) is 10.0. The molecule has 3 amide bonds. The van der Waals surface area contributed by atoms with Gasteiger partial charge >= 0.3 is 6.03 Å². The number of carbonyl (C=O) groups is 2. The monoisotopic (exact) mass is 437 g/mol. The molecule has 0 saturated carbocycles. The summed E-state index contributed by atoms with van der Waals surface area (Å²) in [6, 6.07) is 19.8. The zero-order valence-electron chi connectivity index (χ0n) is 16.6. The molecule has 1 aliphatic heterocycles. The Morgan fingerprint density at radius 2 is 1.74 bits per heavy atom. The molecule has 0 radical (unpaired) electrons. The van der Waals surface area contributed by atoms with Crippen LogP contribution in [0.3, 0.4) is 0 Å². The lowest BCUT2D eigenvalue weighted by atomic mass is 10.0. The maximum atomic E-state index is 14.9. The SMILES string of the molecule is O=C(Nc1ccc(Cl)cc1)NC1CCCN(c2ccc(-c3ccccc3)cc2F)C1=O. The third-order valence-electron chi connectivity index (χ3n) is 5.19. The molecule has 0 spiro atoms. The molecule has 2 N–H and O–H groups in total. The highest BCUT2D eigenvalue weighted by molar-refractivity contribution is 6.30. The van der Waals surface area contributed by atoms with Crippen LogP contribution in [0, 0.1) is 5.82 Å². The zero-order chi connectivity index (χ0) is 21.8. The van der Waals surface area contributed by atoms with Crippen molar-refractivity contribution in [3.05, 3.63) is 83.6 Å². The van der Waals surface area contributed by atoms with Gasteiger partial charge in [-0.25, -0.2) is 9.18 Å². The molecule has 1 aliphatic rings. The zero-order valence-corrected chi connectivity index (χ0v) is 17.4. The number of piperidine rings is 1. The average molecular weight is 438 g/mol. The second-order valence-corrected chi connectivity index (χ2v) is 7.76. The number of nitrogens with zero attached hydrogens (tertiary/aromatic N) is 1. The smallest absolute Gasteiger partial charge is 0.319 e. The van der Waals surface area contributed by atoms with E-state index in [1.165, 1.54) is 11.0 Å². The van der Waals surface area contributed by atoms with Gasteiger partial charge in [0.1, 0.15) is 11.9 Å². The van der Waals surface area contributed by atoms with Crippen LogP contribution in [-0.4, -0.2) is 24.5 Å². The van der Waals surface area contributed by atoms with Gasteiger partial charge in [-0.3, -0.25) is 4.79 Å². The first kappa shape index (κ1) is 20.9. The van der Waals surface area contributed by atoms with E-state index in [1.807, 2.05) is 30.3 Å². The van der Waals surface area contributed by atoms with Crippen molar-refractivity contribution in [2.45, 2.75) is 18.9 Å². The first-order valence-corrected chi connectivity index (χ1v) is 10.4. The van der Waals surface area contributed by atoms with Gasteiger partial charge in [0.15, 0.2) is 0 Å². The van der Waals surface area contributed by atoms with Crippen LogP contribution in [0.4, 0.5) is 20.6 Å². The predicted octanol–water partition coefficient (Wildman–Crippen LogP) is 5.46. The third kappa shape index (κ3) is 4.86. The fourth-order valence-electron chi connectivity index (χ4n) is 3.64. The molecule has 1 heterocycles. The van der Waals surface area contributed by atoms with Gasteiger partial charge in [-0.1, -0.05) is 48.0 Å². The topological polar surface area (TPSA) is 61.4 Å². The minimum Gasteiger partial charge on any atom is -0.326 e. The van der Waals surface area contributed by atoms with Crippen molar-refractivity contribution in [1.82, 2.24) is 5.32 Å². The summed E-state index contributed by atoms with van der Waals surface area (Å²) in [6.07, 6.45) is 1.14. The Balaban J connectivity index is 1.46. The Morgan fingerprint density at radius 3 is 2.45 bits per heavy atom. The molecule has 4 rings (SSSR count). The van der Waals surface area contributed by atoms with Crippen LogP contribution in [0.5, 0.6) is 0 Å². The summed E-state index contributed by atoms with van der Waals surface area (Å²) in [5.41, 5.74) is 2.42. The largest absolute Gasteiger partial charge is 0.326 e. The van der Waals surface area contributed by atoms with Gasteiger partial charge < -0.3 is 15.5 Å². The fraction of sp³-hybridized carbons (Fsp3) is 0.167. The summed E-state index contributed by atoms with van der Waals surface area (Å²) in [5, 5.41) is 5.93. The summed E-state index contributed by atoms with van der Waals surface area (Å²) in [4.78, 5) is 26.7. The van der Waals surface area contributed by atoms with Crippen LogP contribution in [0.15, 0.2) is 72.8 Å². The number of carbonyl (C=O) groups excluding carboxylic acids is 2. The molecule has 0 aliphatic carbocycles. The Hall–Kier alpha value is -3.38. The summed E-state index contributed by atoms with van der Waals surface area (Å²) >= 11 is 5.85. The van der Waals surface area contributed by atoms with E-state index < -0.39 is 17.9 Å². The van der Waals surface area contributed by atoms with Crippen molar-refractivity contribution in [3.63, 3.8) is 0 Å². The molecule has 0 bridgehead atoms. The van der Waals surface area contributed by atoms with Crippen molar-refractivity contribution in [2.24, 2.45) is 0 Å². The Kier molecular flexibility index (Phi) is 6.18. The van der Waals surface area contributed by atoms with E-state index in [2.05, 4.69) is 10.6 Å². The van der Waals surface area contributed by atoms with Gasteiger partial charge in [0.05, 0.1) is 5.69 Å². The van der Waals surface area contributed by atoms with Crippen LogP contribution in [-0.2, 0) is 4.79 Å². The number of hydrogen-bond acceptors (Lipinski definition) is 2. The van der Waals surface area contributed by atoms with Gasteiger partial charge in [-0.05, 0) is 60.4 Å². The van der Waals surface area contributed by atoms with E-state index in [-0.39, 0.29) is 11.6 Å². The summed E-state index contributed by atoms with van der Waals surface area (Å²) in [6.45, 7) is 0.400. The highest BCUT2D eigenvalue weighted by Crippen LogP contribution is 2.29. The molecule has 1 fully saturated rings. The Morgan fingerprint density at radius 1 is 1.00 bits per heavy atom. The van der Waals surface area contributed by atoms with Gasteiger partial charge in [-0.2, -0.15) is 0 Å². The highest BCUT2D eigenvalue weighted by atomic mass is 35.5. The van der Waals surface area contributed by atoms with Gasteiger partial charge in [-0.15, -0.1) is 0 Å². The van der Waals surface area contributed by atoms with Gasteiger partial charge in [0.25, 0.3) is 0 Å². The molecule has 0 aromatic heterocycles. The van der Waals surface area contributed by atoms with E-state index in [0.717, 1.165) is 11.1 Å². The number of rotatable bonds is 4. The van der Waals surface area contributed by atoms with Crippen molar-refractivity contribution in [2.75, 3.05) is 16.8 Å². The second-order valence-electron chi connectivity index (χ2n) is 7.32. The number of hydrogen-bond donors (Lipinski definition) is 2. The lowest BCUT2D eigenvalue weighted by Crippen LogP contribution is -2.53. The Labute approximate surface area is 184 Å². The standard InChI is InChI=1S/C24H21ClFN3O2/c25-18-9-11-19(12-10-18)27-24(31)28-21-7-4-14-29(23(21)30)22-13-8-17(15-20(22)26)16-5-2-1-3-6-16/h1-3,5-6,8-13,15,21H,4,7,14H2,(H2,27,28,31). The molecule has 7 heteroatoms. The van der Waals surface area contributed by atoms with E-state index >= 15 is 0 Å². The van der Waals surface area contributed by atoms with E-state index in [0.29, 0.717) is 30.1 Å². The second kappa shape index (κ2) is 9.18. The molecule has 3 aromatic carbocycles. The minimum atomic E-state index is -0.728. The molecule has 1 atom stereocenters. The van der Waals surface area contributed by atoms with Crippen LogP contribution in [0.25, 0.3) is 11.1 Å². The first-order chi connectivity index (χ1) is 15.0. The Bertz CT molecular complexity index is 1090. The van der Waals surface area contributed by atoms with E-state index in [1.54, 1.807) is 36.4 Å². The predicted molar refractivity (Wildman–Crippen MR) is 121 cm³/mol. The molecule has 3 aromatic rings. The molecule has 1 saturated heterocycles. The molecule has 31 heavy (non-hydrogen) atoms. The van der Waals surface area contributed by atoms with Crippen molar-refractivity contribution < 1.29 is 14.0 Å². The average Bonchev–Trinajstić information content (AvgIpc) is 2.78. The number of benzene rings is 3. The lowest BCUT2D eigenvalue weighted by Gasteiger charge is -2.33. The molecule has 5 nitrogen and oxygen atoms in total. The maximum absolute atomic E-state index is 14.9. The summed E-state index contributed by atoms with van der Waals surface area (Å²) in [7, 11) is 0. The lowest BCUT2D eigenvalue weighted by molar-refractivity contribution is -0.121. The van der Waals surface area contributed by atoms with Crippen LogP contribution >= 0.6 is 11.6 Å². The van der Waals surface area contributed by atoms with Crippen molar-refractivity contribution in [3.8, 4) is 11.1 Å². The van der Waals surface area contributed by atoms with Crippen molar-refractivity contribution >= 4 is 34.9 Å². The summed E-state index contributed by atoms with van der Waals surface area (Å²) < 4.78 is 14.9. The fourth-order valence-corrected chi connectivity index (χ4v) is 3.77. The maximum Gasteiger partial charge on any atom is 0.319 e. The molecule has 1 unspecified atom stereocenters. The third-order valence-corrected chi connectivity index (χ3v) is 5.44. The van der Waals surface area contributed by atoms with Gasteiger partial charge in [0.2, 0.25) is 5.91 Å². The molecular weight excluding hydrogens is 417 g/mol. The van der Waals surface area contributed by atoms with Crippen molar-refractivity contribution in [1.29, 1.82) is 0 Å². The number of amides is 3. The minimum absolute atomic E-state index is 0.217. The van der Waals surface area contributed by atoms with Crippen LogP contribution in [0.1, 0.15) is 12.8 Å².